The Morgan fingerprint density at radius 2 is 1.85 bits per heavy atom. The van der Waals surface area contributed by atoms with Crippen LogP contribution in [0.1, 0.15) is 55.1 Å². The Labute approximate surface area is 160 Å². The lowest BCUT2D eigenvalue weighted by Crippen LogP contribution is -2.27. The predicted molar refractivity (Wildman–Crippen MR) is 109 cm³/mol. The van der Waals surface area contributed by atoms with Crippen molar-refractivity contribution in [3.63, 3.8) is 0 Å². The van der Waals surface area contributed by atoms with Crippen molar-refractivity contribution in [3.8, 4) is 0 Å². The van der Waals surface area contributed by atoms with Crippen LogP contribution in [0.25, 0.3) is 5.65 Å². The van der Waals surface area contributed by atoms with Crippen molar-refractivity contribution in [1.29, 1.82) is 0 Å². The molecule has 1 aliphatic rings. The largest absolute Gasteiger partial charge is 0.290 e. The molecule has 4 heteroatoms. The Kier molecular flexibility index (Phi) is 4.83. The van der Waals surface area contributed by atoms with Gasteiger partial charge >= 0.3 is 0 Å². The maximum atomic E-state index is 12.6. The first-order chi connectivity index (χ1) is 13.0. The van der Waals surface area contributed by atoms with Crippen LogP contribution in [0.5, 0.6) is 0 Å². The van der Waals surface area contributed by atoms with E-state index in [1.54, 1.807) is 10.5 Å². The van der Waals surface area contributed by atoms with Crippen molar-refractivity contribution < 1.29 is 0 Å². The lowest BCUT2D eigenvalue weighted by molar-refractivity contribution is 0.243. The van der Waals surface area contributed by atoms with Gasteiger partial charge in [0.15, 0.2) is 0 Å². The van der Waals surface area contributed by atoms with E-state index in [0.29, 0.717) is 12.0 Å². The van der Waals surface area contributed by atoms with Gasteiger partial charge in [0.05, 0.1) is 5.69 Å². The van der Waals surface area contributed by atoms with E-state index in [2.05, 4.69) is 43.0 Å². The number of nitrogens with zero attached hydrogens (tertiary/aromatic N) is 3. The maximum Gasteiger partial charge on any atom is 0.258 e. The molecule has 0 aliphatic heterocycles. The minimum absolute atomic E-state index is 0.00475. The Morgan fingerprint density at radius 3 is 2.52 bits per heavy atom. The summed E-state index contributed by atoms with van der Waals surface area (Å²) in [5.74, 6) is 0.553. The van der Waals surface area contributed by atoms with E-state index in [1.165, 1.54) is 24.0 Å². The molecule has 0 unspecified atom stereocenters. The summed E-state index contributed by atoms with van der Waals surface area (Å²) in [6, 6.07) is 17.0. The summed E-state index contributed by atoms with van der Waals surface area (Å²) in [5.41, 5.74) is 5.20. The van der Waals surface area contributed by atoms with Crippen LogP contribution in [0.4, 0.5) is 0 Å². The van der Waals surface area contributed by atoms with Crippen LogP contribution in [-0.2, 0) is 13.1 Å². The lowest BCUT2D eigenvalue weighted by Gasteiger charge is -2.22. The van der Waals surface area contributed by atoms with Crippen molar-refractivity contribution in [2.75, 3.05) is 0 Å². The molecule has 27 heavy (non-hydrogen) atoms. The molecule has 0 saturated heterocycles. The molecular weight excluding hydrogens is 334 g/mol. The Balaban J connectivity index is 1.57. The molecule has 1 saturated carbocycles. The predicted octanol–water partition coefficient (Wildman–Crippen LogP) is 4.29. The summed E-state index contributed by atoms with van der Waals surface area (Å²) in [4.78, 5) is 19.8. The lowest BCUT2D eigenvalue weighted by atomic mass is 10.0. The van der Waals surface area contributed by atoms with E-state index in [4.69, 9.17) is 4.98 Å². The third-order valence-electron chi connectivity index (χ3n) is 5.39. The number of pyridine rings is 1. The number of hydrogen-bond acceptors (Lipinski definition) is 3. The summed E-state index contributed by atoms with van der Waals surface area (Å²) >= 11 is 0. The normalized spacial score (nSPS) is 14.4. The summed E-state index contributed by atoms with van der Waals surface area (Å²) in [6.07, 6.45) is 2.46. The molecule has 0 amide bonds. The smallest absolute Gasteiger partial charge is 0.258 e. The highest BCUT2D eigenvalue weighted by Crippen LogP contribution is 2.29. The molecule has 0 atom stereocenters. The van der Waals surface area contributed by atoms with Gasteiger partial charge < -0.3 is 0 Å². The molecule has 1 aliphatic carbocycles. The molecule has 0 spiro atoms. The average Bonchev–Trinajstić information content (AvgIpc) is 3.46. The van der Waals surface area contributed by atoms with Crippen LogP contribution < -0.4 is 5.56 Å². The van der Waals surface area contributed by atoms with Crippen molar-refractivity contribution in [2.45, 2.75) is 58.7 Å². The van der Waals surface area contributed by atoms with Crippen LogP contribution >= 0.6 is 0 Å². The summed E-state index contributed by atoms with van der Waals surface area (Å²) in [6.45, 7) is 8.00. The first-order valence-electron chi connectivity index (χ1n) is 9.82. The van der Waals surface area contributed by atoms with E-state index < -0.39 is 0 Å². The van der Waals surface area contributed by atoms with Gasteiger partial charge in [0, 0.05) is 30.9 Å². The van der Waals surface area contributed by atoms with Gasteiger partial charge in [0.25, 0.3) is 5.56 Å². The summed E-state index contributed by atoms with van der Waals surface area (Å²) in [7, 11) is 0. The van der Waals surface area contributed by atoms with E-state index >= 15 is 0 Å². The summed E-state index contributed by atoms with van der Waals surface area (Å²) < 4.78 is 1.68. The molecule has 0 N–H and O–H groups in total. The number of aromatic nitrogens is 2. The first-order valence-corrected chi connectivity index (χ1v) is 9.82. The maximum absolute atomic E-state index is 12.6. The van der Waals surface area contributed by atoms with E-state index in [1.807, 2.05) is 25.1 Å². The molecule has 3 aromatic rings. The minimum atomic E-state index is 0.00475. The fourth-order valence-electron chi connectivity index (χ4n) is 3.65. The van der Waals surface area contributed by atoms with E-state index in [-0.39, 0.29) is 5.56 Å². The van der Waals surface area contributed by atoms with Gasteiger partial charge in [-0.2, -0.15) is 0 Å². The first kappa shape index (κ1) is 17.9. The molecule has 0 radical (unpaired) electrons. The SMILES string of the molecule is Cc1cccc2nc(CN(Cc3ccc(C(C)C)cc3)C3CC3)cc(=O)n12. The monoisotopic (exact) mass is 361 g/mol. The number of fused-ring (bicyclic) bond motifs is 1. The second-order valence-corrected chi connectivity index (χ2v) is 7.98. The standard InChI is InChI=1S/C23H27N3O/c1-16(2)19-9-7-18(8-10-19)14-25(21-11-12-21)15-20-13-23(27)26-17(3)5-4-6-22(26)24-20/h4-10,13,16,21H,11-12,14-15H2,1-3H3. The van der Waals surface area contributed by atoms with Gasteiger partial charge in [-0.05, 0) is 48.9 Å². The van der Waals surface area contributed by atoms with Crippen LogP contribution in [0.2, 0.25) is 0 Å². The highest BCUT2D eigenvalue weighted by Gasteiger charge is 2.29. The Morgan fingerprint density at radius 1 is 1.11 bits per heavy atom. The molecule has 4 rings (SSSR count). The van der Waals surface area contributed by atoms with E-state index in [9.17, 15) is 4.79 Å². The third-order valence-corrected chi connectivity index (χ3v) is 5.39. The van der Waals surface area contributed by atoms with Crippen molar-refractivity contribution in [3.05, 3.63) is 81.4 Å². The topological polar surface area (TPSA) is 37.6 Å². The Hall–Kier alpha value is -2.46. The number of benzene rings is 1. The number of rotatable bonds is 6. The second kappa shape index (κ2) is 7.28. The highest BCUT2D eigenvalue weighted by molar-refractivity contribution is 5.40. The zero-order chi connectivity index (χ0) is 19.0. The molecule has 0 bridgehead atoms. The molecule has 2 heterocycles. The zero-order valence-electron chi connectivity index (χ0n) is 16.4. The summed E-state index contributed by atoms with van der Waals surface area (Å²) in [5, 5.41) is 0. The number of aryl methyl sites for hydroxylation is 1. The van der Waals surface area contributed by atoms with Gasteiger partial charge in [0.1, 0.15) is 5.65 Å². The van der Waals surface area contributed by atoms with Crippen LogP contribution in [0.15, 0.2) is 53.3 Å². The molecule has 140 valence electrons. The van der Waals surface area contributed by atoms with Gasteiger partial charge in [-0.25, -0.2) is 4.98 Å². The van der Waals surface area contributed by atoms with Gasteiger partial charge in [-0.15, -0.1) is 0 Å². The highest BCUT2D eigenvalue weighted by atomic mass is 16.1. The molecule has 1 aromatic carbocycles. The fraction of sp³-hybridized carbons (Fsp3) is 0.391. The molecule has 2 aromatic heterocycles. The van der Waals surface area contributed by atoms with Gasteiger partial charge in [-0.1, -0.05) is 44.2 Å². The quantitative estimate of drug-likeness (QED) is 0.657. The number of hydrogen-bond donors (Lipinski definition) is 0. The fourth-order valence-corrected chi connectivity index (χ4v) is 3.65. The molecule has 1 fully saturated rings. The van der Waals surface area contributed by atoms with E-state index in [0.717, 1.165) is 30.1 Å². The molecular formula is C23H27N3O. The van der Waals surface area contributed by atoms with Gasteiger partial charge in [0.2, 0.25) is 0 Å². The van der Waals surface area contributed by atoms with Crippen LogP contribution in [-0.4, -0.2) is 20.3 Å². The Bertz CT molecular complexity index is 1000. The third kappa shape index (κ3) is 3.96. The average molecular weight is 361 g/mol. The second-order valence-electron chi connectivity index (χ2n) is 7.98. The zero-order valence-corrected chi connectivity index (χ0v) is 16.4. The van der Waals surface area contributed by atoms with Crippen molar-refractivity contribution in [1.82, 2.24) is 14.3 Å². The van der Waals surface area contributed by atoms with Crippen LogP contribution in [0.3, 0.4) is 0 Å². The van der Waals surface area contributed by atoms with Crippen LogP contribution in [0, 0.1) is 6.92 Å². The minimum Gasteiger partial charge on any atom is -0.290 e. The van der Waals surface area contributed by atoms with Gasteiger partial charge in [-0.3, -0.25) is 14.1 Å². The molecule has 4 nitrogen and oxygen atoms in total. The van der Waals surface area contributed by atoms with Crippen molar-refractivity contribution >= 4 is 5.65 Å². The van der Waals surface area contributed by atoms with Crippen molar-refractivity contribution in [2.24, 2.45) is 0 Å².